The van der Waals surface area contributed by atoms with Crippen LogP contribution in [0.15, 0.2) is 0 Å². The highest BCUT2D eigenvalue weighted by molar-refractivity contribution is 5.81. The third kappa shape index (κ3) is 4.49. The van der Waals surface area contributed by atoms with Gasteiger partial charge in [-0.05, 0) is 31.1 Å². The Kier molecular flexibility index (Phi) is 5.77. The molecule has 0 aromatic heterocycles. The molecule has 0 bridgehead atoms. The summed E-state index contributed by atoms with van der Waals surface area (Å²) in [5.74, 6) is 0.870. The molecule has 1 fully saturated rings. The van der Waals surface area contributed by atoms with E-state index in [4.69, 9.17) is 10.5 Å². The van der Waals surface area contributed by atoms with Crippen molar-refractivity contribution in [2.24, 2.45) is 17.6 Å². The quantitative estimate of drug-likeness (QED) is 0.735. The van der Waals surface area contributed by atoms with E-state index >= 15 is 0 Å². The summed E-state index contributed by atoms with van der Waals surface area (Å²) in [5.41, 5.74) is 5.75. The number of hydrogen-bond acceptors (Lipinski definition) is 3. The van der Waals surface area contributed by atoms with Gasteiger partial charge in [0.25, 0.3) is 0 Å². The second-order valence-corrected chi connectivity index (χ2v) is 4.91. The van der Waals surface area contributed by atoms with Gasteiger partial charge in [-0.2, -0.15) is 0 Å². The summed E-state index contributed by atoms with van der Waals surface area (Å²) in [5, 5.41) is 2.91. The molecule has 4 heteroatoms. The van der Waals surface area contributed by atoms with Crippen molar-refractivity contribution in [1.29, 1.82) is 0 Å². The van der Waals surface area contributed by atoms with Crippen molar-refractivity contribution in [2.45, 2.75) is 39.2 Å². The van der Waals surface area contributed by atoms with Crippen molar-refractivity contribution in [1.82, 2.24) is 5.32 Å². The van der Waals surface area contributed by atoms with Gasteiger partial charge in [-0.1, -0.05) is 13.8 Å². The molecular weight excluding hydrogens is 204 g/mol. The van der Waals surface area contributed by atoms with Gasteiger partial charge in [0, 0.05) is 19.8 Å². The van der Waals surface area contributed by atoms with Crippen LogP contribution < -0.4 is 11.1 Å². The zero-order valence-electron chi connectivity index (χ0n) is 10.4. The predicted octanol–water partition coefficient (Wildman–Crippen LogP) is 0.903. The fraction of sp³-hybridized carbons (Fsp3) is 0.917. The average Bonchev–Trinajstić information content (AvgIpc) is 2.29. The first-order valence-corrected chi connectivity index (χ1v) is 6.22. The topological polar surface area (TPSA) is 64.4 Å². The maximum absolute atomic E-state index is 11.6. The molecule has 1 saturated heterocycles. The Morgan fingerprint density at radius 3 is 2.62 bits per heavy atom. The highest BCUT2D eigenvalue weighted by atomic mass is 16.5. The molecule has 0 spiro atoms. The van der Waals surface area contributed by atoms with E-state index in [1.807, 2.05) is 13.8 Å². The Morgan fingerprint density at radius 1 is 1.44 bits per heavy atom. The number of nitrogens with one attached hydrogen (secondary N) is 1. The molecule has 1 amide bonds. The molecule has 1 aliphatic heterocycles. The largest absolute Gasteiger partial charge is 0.381 e. The molecule has 0 aliphatic carbocycles. The van der Waals surface area contributed by atoms with Crippen LogP contribution in [0.2, 0.25) is 0 Å². The molecule has 0 saturated carbocycles. The number of carbonyl (C=O) groups excluding carboxylic acids is 1. The molecule has 1 unspecified atom stereocenters. The van der Waals surface area contributed by atoms with Crippen LogP contribution in [-0.2, 0) is 9.53 Å². The monoisotopic (exact) mass is 228 g/mol. The van der Waals surface area contributed by atoms with Gasteiger partial charge in [0.05, 0.1) is 6.04 Å². The number of amides is 1. The Hall–Kier alpha value is -0.610. The normalized spacial score (nSPS) is 19.8. The van der Waals surface area contributed by atoms with Gasteiger partial charge >= 0.3 is 0 Å². The van der Waals surface area contributed by atoms with Gasteiger partial charge in [-0.3, -0.25) is 4.79 Å². The Balaban J connectivity index is 2.12. The van der Waals surface area contributed by atoms with Gasteiger partial charge in [-0.15, -0.1) is 0 Å². The van der Waals surface area contributed by atoms with Crippen LogP contribution in [0, 0.1) is 11.8 Å². The maximum Gasteiger partial charge on any atom is 0.237 e. The fourth-order valence-corrected chi connectivity index (χ4v) is 1.86. The van der Waals surface area contributed by atoms with Crippen molar-refractivity contribution in [2.75, 3.05) is 19.8 Å². The van der Waals surface area contributed by atoms with Crippen molar-refractivity contribution in [3.63, 3.8) is 0 Å². The zero-order chi connectivity index (χ0) is 12.0. The Labute approximate surface area is 97.9 Å². The lowest BCUT2D eigenvalue weighted by molar-refractivity contribution is -0.123. The first-order chi connectivity index (χ1) is 7.61. The summed E-state index contributed by atoms with van der Waals surface area (Å²) in [6.07, 6.45) is 3.28. The van der Waals surface area contributed by atoms with Crippen molar-refractivity contribution >= 4 is 5.91 Å². The summed E-state index contributed by atoms with van der Waals surface area (Å²) in [6, 6.07) is -0.380. The zero-order valence-corrected chi connectivity index (χ0v) is 10.4. The van der Waals surface area contributed by atoms with Crippen molar-refractivity contribution in [3.8, 4) is 0 Å². The highest BCUT2D eigenvalue weighted by Crippen LogP contribution is 2.17. The minimum Gasteiger partial charge on any atom is -0.381 e. The van der Waals surface area contributed by atoms with Crippen LogP contribution in [0.25, 0.3) is 0 Å². The number of hydrogen-bond donors (Lipinski definition) is 2. The van der Waals surface area contributed by atoms with E-state index in [2.05, 4.69) is 5.32 Å². The van der Waals surface area contributed by atoms with E-state index < -0.39 is 0 Å². The second kappa shape index (κ2) is 6.86. The van der Waals surface area contributed by atoms with Crippen LogP contribution in [0.5, 0.6) is 0 Å². The molecule has 3 N–H and O–H groups in total. The molecule has 0 aromatic carbocycles. The van der Waals surface area contributed by atoms with E-state index in [9.17, 15) is 4.79 Å². The number of ether oxygens (including phenoxy) is 1. The van der Waals surface area contributed by atoms with Gasteiger partial charge < -0.3 is 15.8 Å². The average molecular weight is 228 g/mol. The summed E-state index contributed by atoms with van der Waals surface area (Å²) in [6.45, 7) is 6.39. The summed E-state index contributed by atoms with van der Waals surface area (Å²) < 4.78 is 5.29. The molecule has 1 rings (SSSR count). The van der Waals surface area contributed by atoms with E-state index in [-0.39, 0.29) is 17.9 Å². The lowest BCUT2D eigenvalue weighted by Crippen LogP contribution is -2.44. The van der Waals surface area contributed by atoms with E-state index in [0.717, 1.165) is 39.0 Å². The fourth-order valence-electron chi connectivity index (χ4n) is 1.86. The SMILES string of the molecule is CC(C)C(N)C(=O)NCCC1CCOCC1. The van der Waals surface area contributed by atoms with Crippen LogP contribution in [0.3, 0.4) is 0 Å². The second-order valence-electron chi connectivity index (χ2n) is 4.91. The molecule has 94 valence electrons. The minimum absolute atomic E-state index is 0.0259. The number of carbonyl (C=O) groups is 1. The third-order valence-electron chi connectivity index (χ3n) is 3.21. The first kappa shape index (κ1) is 13.5. The summed E-state index contributed by atoms with van der Waals surface area (Å²) in [7, 11) is 0. The minimum atomic E-state index is -0.380. The van der Waals surface area contributed by atoms with E-state index in [1.165, 1.54) is 0 Å². The molecule has 16 heavy (non-hydrogen) atoms. The Bertz CT molecular complexity index is 213. The van der Waals surface area contributed by atoms with Gasteiger partial charge in [0.2, 0.25) is 5.91 Å². The molecule has 4 nitrogen and oxygen atoms in total. The van der Waals surface area contributed by atoms with Gasteiger partial charge in [-0.25, -0.2) is 0 Å². The molecule has 0 radical (unpaired) electrons. The van der Waals surface area contributed by atoms with Crippen molar-refractivity contribution in [3.05, 3.63) is 0 Å². The smallest absolute Gasteiger partial charge is 0.237 e. The number of nitrogens with two attached hydrogens (primary N) is 1. The standard InChI is InChI=1S/C12H24N2O2/c1-9(2)11(13)12(15)14-6-3-10-4-7-16-8-5-10/h9-11H,3-8,13H2,1-2H3,(H,14,15). The maximum atomic E-state index is 11.6. The Morgan fingerprint density at radius 2 is 2.06 bits per heavy atom. The summed E-state index contributed by atoms with van der Waals surface area (Å²) >= 11 is 0. The van der Waals surface area contributed by atoms with Gasteiger partial charge in [0.15, 0.2) is 0 Å². The van der Waals surface area contributed by atoms with Crippen molar-refractivity contribution < 1.29 is 9.53 Å². The number of rotatable bonds is 5. The predicted molar refractivity (Wildman–Crippen MR) is 64.0 cm³/mol. The molecule has 0 aromatic rings. The van der Waals surface area contributed by atoms with Crippen LogP contribution in [0.4, 0.5) is 0 Å². The lowest BCUT2D eigenvalue weighted by Gasteiger charge is -2.22. The van der Waals surface area contributed by atoms with Crippen LogP contribution in [0.1, 0.15) is 33.1 Å². The summed E-state index contributed by atoms with van der Waals surface area (Å²) in [4.78, 5) is 11.6. The molecule has 1 heterocycles. The van der Waals surface area contributed by atoms with Gasteiger partial charge in [0.1, 0.15) is 0 Å². The van der Waals surface area contributed by atoms with E-state index in [0.29, 0.717) is 5.92 Å². The highest BCUT2D eigenvalue weighted by Gasteiger charge is 2.18. The van der Waals surface area contributed by atoms with Crippen LogP contribution >= 0.6 is 0 Å². The first-order valence-electron chi connectivity index (χ1n) is 6.22. The molecule has 1 atom stereocenters. The van der Waals surface area contributed by atoms with Crippen LogP contribution in [-0.4, -0.2) is 31.7 Å². The molecular formula is C12H24N2O2. The van der Waals surface area contributed by atoms with E-state index in [1.54, 1.807) is 0 Å². The lowest BCUT2D eigenvalue weighted by atomic mass is 9.96. The molecule has 1 aliphatic rings. The third-order valence-corrected chi connectivity index (χ3v) is 3.21.